The van der Waals surface area contributed by atoms with E-state index in [1.54, 1.807) is 7.05 Å². The van der Waals surface area contributed by atoms with E-state index in [4.69, 9.17) is 4.74 Å². The van der Waals surface area contributed by atoms with Gasteiger partial charge in [-0.25, -0.2) is 0 Å². The van der Waals surface area contributed by atoms with E-state index in [1.807, 2.05) is 45.0 Å². The quantitative estimate of drug-likeness (QED) is 0.568. The molecule has 1 aliphatic heterocycles. The van der Waals surface area contributed by atoms with Crippen LogP contribution in [-0.4, -0.2) is 55.9 Å². The third-order valence-electron chi connectivity index (χ3n) is 4.39. The number of halogens is 3. The molecule has 0 spiro atoms. The summed E-state index contributed by atoms with van der Waals surface area (Å²) in [6.45, 7) is 7.23. The zero-order chi connectivity index (χ0) is 20.8. The van der Waals surface area contributed by atoms with Gasteiger partial charge in [-0.15, -0.1) is 0 Å². The van der Waals surface area contributed by atoms with Gasteiger partial charge in [-0.2, -0.15) is 13.2 Å². The second kappa shape index (κ2) is 9.49. The maximum Gasteiger partial charge on any atom is 0.401 e. The van der Waals surface area contributed by atoms with E-state index in [0.717, 1.165) is 17.7 Å². The SMILES string of the molecule is CN=C(NCc1ccccc1OC(C)(C)C)NCC1CCN(CC(F)(F)F)C1. The monoisotopic (exact) mass is 400 g/mol. The van der Waals surface area contributed by atoms with E-state index in [2.05, 4.69) is 15.6 Å². The van der Waals surface area contributed by atoms with E-state index in [0.29, 0.717) is 32.1 Å². The number of nitrogens with one attached hydrogen (secondary N) is 2. The van der Waals surface area contributed by atoms with E-state index in [1.165, 1.54) is 4.90 Å². The lowest BCUT2D eigenvalue weighted by Crippen LogP contribution is -2.40. The molecule has 8 heteroatoms. The van der Waals surface area contributed by atoms with Crippen molar-refractivity contribution in [3.05, 3.63) is 29.8 Å². The number of nitrogens with zero attached hydrogens (tertiary/aromatic N) is 2. The number of likely N-dealkylation sites (tertiary alicyclic amines) is 1. The Labute approximate surface area is 165 Å². The molecule has 1 aliphatic rings. The molecule has 0 bridgehead atoms. The van der Waals surface area contributed by atoms with Crippen molar-refractivity contribution in [1.82, 2.24) is 15.5 Å². The molecular weight excluding hydrogens is 369 g/mol. The van der Waals surface area contributed by atoms with Gasteiger partial charge in [0, 0.05) is 32.2 Å². The molecule has 158 valence electrons. The molecule has 2 N–H and O–H groups in total. The summed E-state index contributed by atoms with van der Waals surface area (Å²) in [5, 5.41) is 6.47. The van der Waals surface area contributed by atoms with Gasteiger partial charge in [0.1, 0.15) is 11.4 Å². The first kappa shape index (κ1) is 22.3. The maximum atomic E-state index is 12.5. The molecule has 1 saturated heterocycles. The van der Waals surface area contributed by atoms with Gasteiger partial charge >= 0.3 is 6.18 Å². The van der Waals surface area contributed by atoms with Crippen molar-refractivity contribution < 1.29 is 17.9 Å². The van der Waals surface area contributed by atoms with Gasteiger partial charge in [0.2, 0.25) is 0 Å². The Morgan fingerprint density at radius 3 is 2.57 bits per heavy atom. The van der Waals surface area contributed by atoms with Crippen LogP contribution in [0.1, 0.15) is 32.8 Å². The summed E-state index contributed by atoms with van der Waals surface area (Å²) < 4.78 is 43.5. The van der Waals surface area contributed by atoms with Crippen LogP contribution < -0.4 is 15.4 Å². The zero-order valence-corrected chi connectivity index (χ0v) is 17.1. The Morgan fingerprint density at radius 1 is 1.21 bits per heavy atom. The highest BCUT2D eigenvalue weighted by molar-refractivity contribution is 5.79. The molecule has 0 aliphatic carbocycles. The number of hydrogen-bond donors (Lipinski definition) is 2. The molecule has 0 saturated carbocycles. The van der Waals surface area contributed by atoms with Crippen molar-refractivity contribution >= 4 is 5.96 Å². The normalized spacial score (nSPS) is 19.0. The minimum atomic E-state index is -4.14. The molecule has 1 aromatic rings. The number of para-hydroxylation sites is 1. The van der Waals surface area contributed by atoms with Crippen LogP contribution in [0.25, 0.3) is 0 Å². The summed E-state index contributed by atoms with van der Waals surface area (Å²) in [4.78, 5) is 5.67. The first-order chi connectivity index (χ1) is 13.1. The van der Waals surface area contributed by atoms with Crippen LogP contribution in [0.3, 0.4) is 0 Å². The third kappa shape index (κ3) is 7.96. The number of benzene rings is 1. The lowest BCUT2D eigenvalue weighted by molar-refractivity contribution is -0.143. The Balaban J connectivity index is 1.82. The molecule has 1 atom stereocenters. The van der Waals surface area contributed by atoms with Crippen LogP contribution in [0.4, 0.5) is 13.2 Å². The minimum absolute atomic E-state index is 0.178. The van der Waals surface area contributed by atoms with Gasteiger partial charge in [-0.3, -0.25) is 9.89 Å². The van der Waals surface area contributed by atoms with Crippen LogP contribution in [0.15, 0.2) is 29.3 Å². The zero-order valence-electron chi connectivity index (χ0n) is 17.1. The summed E-state index contributed by atoms with van der Waals surface area (Å²) in [5.41, 5.74) is 0.721. The topological polar surface area (TPSA) is 48.9 Å². The van der Waals surface area contributed by atoms with Crippen molar-refractivity contribution in [3.63, 3.8) is 0 Å². The van der Waals surface area contributed by atoms with Crippen molar-refractivity contribution in [3.8, 4) is 5.75 Å². The van der Waals surface area contributed by atoms with Crippen LogP contribution in [0, 0.1) is 5.92 Å². The third-order valence-corrected chi connectivity index (χ3v) is 4.39. The van der Waals surface area contributed by atoms with E-state index in [-0.39, 0.29) is 11.5 Å². The van der Waals surface area contributed by atoms with Gasteiger partial charge in [-0.05, 0) is 45.7 Å². The fourth-order valence-electron chi connectivity index (χ4n) is 3.20. The fourth-order valence-corrected chi connectivity index (χ4v) is 3.20. The lowest BCUT2D eigenvalue weighted by Gasteiger charge is -2.23. The second-order valence-electron chi connectivity index (χ2n) is 8.13. The Morgan fingerprint density at radius 2 is 1.93 bits per heavy atom. The van der Waals surface area contributed by atoms with E-state index in [9.17, 15) is 13.2 Å². The number of guanidine groups is 1. The summed E-state index contributed by atoms with van der Waals surface area (Å²) in [6.07, 6.45) is -3.38. The Kier molecular flexibility index (Phi) is 7.57. The fraction of sp³-hybridized carbons (Fsp3) is 0.650. The smallest absolute Gasteiger partial charge is 0.401 e. The molecule has 0 amide bonds. The number of aliphatic imine (C=N–C) groups is 1. The van der Waals surface area contributed by atoms with Gasteiger partial charge in [0.05, 0.1) is 6.54 Å². The number of hydrogen-bond acceptors (Lipinski definition) is 3. The Bertz CT molecular complexity index is 656. The van der Waals surface area contributed by atoms with Gasteiger partial charge in [0.15, 0.2) is 5.96 Å². The Hall–Kier alpha value is -1.96. The summed E-state index contributed by atoms with van der Waals surface area (Å²) >= 11 is 0. The highest BCUT2D eigenvalue weighted by Crippen LogP contribution is 2.23. The molecule has 5 nitrogen and oxygen atoms in total. The number of alkyl halides is 3. The molecule has 1 fully saturated rings. The maximum absolute atomic E-state index is 12.5. The largest absolute Gasteiger partial charge is 0.488 e. The predicted molar refractivity (Wildman–Crippen MR) is 106 cm³/mol. The van der Waals surface area contributed by atoms with Crippen molar-refractivity contribution in [1.29, 1.82) is 0 Å². The van der Waals surface area contributed by atoms with E-state index < -0.39 is 12.7 Å². The summed E-state index contributed by atoms with van der Waals surface area (Å²) in [7, 11) is 1.68. The van der Waals surface area contributed by atoms with Crippen molar-refractivity contribution in [2.75, 3.05) is 33.2 Å². The van der Waals surface area contributed by atoms with Crippen LogP contribution in [0.2, 0.25) is 0 Å². The number of ether oxygens (including phenoxy) is 1. The van der Waals surface area contributed by atoms with Crippen LogP contribution in [-0.2, 0) is 6.54 Å². The highest BCUT2D eigenvalue weighted by Gasteiger charge is 2.34. The molecule has 1 aromatic carbocycles. The van der Waals surface area contributed by atoms with Gasteiger partial charge < -0.3 is 15.4 Å². The lowest BCUT2D eigenvalue weighted by atomic mass is 10.1. The molecule has 28 heavy (non-hydrogen) atoms. The molecular formula is C20H31F3N4O. The van der Waals surface area contributed by atoms with Crippen LogP contribution >= 0.6 is 0 Å². The minimum Gasteiger partial charge on any atom is -0.488 e. The molecule has 0 radical (unpaired) electrons. The highest BCUT2D eigenvalue weighted by atomic mass is 19.4. The average molecular weight is 400 g/mol. The van der Waals surface area contributed by atoms with Crippen molar-refractivity contribution in [2.24, 2.45) is 10.9 Å². The van der Waals surface area contributed by atoms with Crippen molar-refractivity contribution in [2.45, 2.75) is 45.5 Å². The summed E-state index contributed by atoms with van der Waals surface area (Å²) in [5.74, 6) is 1.62. The van der Waals surface area contributed by atoms with Gasteiger partial charge in [0.25, 0.3) is 0 Å². The molecule has 1 heterocycles. The molecule has 2 rings (SSSR count). The van der Waals surface area contributed by atoms with Gasteiger partial charge in [-0.1, -0.05) is 18.2 Å². The summed E-state index contributed by atoms with van der Waals surface area (Å²) in [6, 6.07) is 7.82. The number of rotatable bonds is 6. The average Bonchev–Trinajstić information content (AvgIpc) is 3.00. The predicted octanol–water partition coefficient (Wildman–Crippen LogP) is 3.41. The molecule has 1 unspecified atom stereocenters. The molecule has 0 aromatic heterocycles. The first-order valence-corrected chi connectivity index (χ1v) is 9.56. The first-order valence-electron chi connectivity index (χ1n) is 9.56. The second-order valence-corrected chi connectivity index (χ2v) is 8.13. The van der Waals surface area contributed by atoms with Crippen LogP contribution in [0.5, 0.6) is 5.75 Å². The standard InChI is InChI=1S/C20H31F3N4O/c1-19(2,3)28-17-8-6-5-7-16(17)12-26-18(24-4)25-11-15-9-10-27(13-15)14-20(21,22)23/h5-8,15H,9-14H2,1-4H3,(H2,24,25,26). The van der Waals surface area contributed by atoms with E-state index >= 15 is 0 Å².